The number of rotatable bonds is 5. The molecule has 6 heteroatoms. The fraction of sp³-hybridized carbons (Fsp3) is 0.304. The van der Waals surface area contributed by atoms with Crippen molar-refractivity contribution in [3.8, 4) is 11.5 Å². The summed E-state index contributed by atoms with van der Waals surface area (Å²) in [6.45, 7) is 8.61. The summed E-state index contributed by atoms with van der Waals surface area (Å²) in [5.41, 5.74) is 3.20. The van der Waals surface area contributed by atoms with Gasteiger partial charge in [-0.1, -0.05) is 12.1 Å². The van der Waals surface area contributed by atoms with Crippen molar-refractivity contribution in [2.24, 2.45) is 0 Å². The van der Waals surface area contributed by atoms with Gasteiger partial charge in [-0.05, 0) is 62.6 Å². The molecule has 0 radical (unpaired) electrons. The molecule has 1 amide bonds. The molecule has 6 nitrogen and oxygen atoms in total. The van der Waals surface area contributed by atoms with Crippen molar-refractivity contribution in [1.29, 1.82) is 0 Å². The first kappa shape index (κ1) is 19.1. The van der Waals surface area contributed by atoms with Crippen LogP contribution < -0.4 is 20.2 Å². The molecule has 4 rings (SSSR count). The van der Waals surface area contributed by atoms with Gasteiger partial charge in [0.15, 0.2) is 16.9 Å². The zero-order valence-corrected chi connectivity index (χ0v) is 16.9. The minimum absolute atomic E-state index is 0.0769. The molecular weight excluding hydrogens is 370 g/mol. The normalized spacial score (nSPS) is 15.3. The van der Waals surface area contributed by atoms with E-state index < -0.39 is 11.9 Å². The molecule has 2 heterocycles. The van der Waals surface area contributed by atoms with Crippen LogP contribution in [0.1, 0.15) is 52.7 Å². The molecule has 1 atom stereocenters. The van der Waals surface area contributed by atoms with Crippen LogP contribution in [0, 0.1) is 13.8 Å². The average Bonchev–Trinajstić information content (AvgIpc) is 3.04. The summed E-state index contributed by atoms with van der Waals surface area (Å²) in [7, 11) is 0. The van der Waals surface area contributed by atoms with Crippen molar-refractivity contribution >= 4 is 16.9 Å². The van der Waals surface area contributed by atoms with Gasteiger partial charge in [0, 0.05) is 0 Å². The first-order valence-electron chi connectivity index (χ1n) is 9.73. The molecule has 0 bridgehead atoms. The zero-order valence-electron chi connectivity index (χ0n) is 16.9. The molecule has 0 aliphatic carbocycles. The van der Waals surface area contributed by atoms with Crippen LogP contribution in [0.4, 0.5) is 0 Å². The van der Waals surface area contributed by atoms with Crippen LogP contribution in [0.2, 0.25) is 0 Å². The maximum Gasteiger partial charge on any atom is 0.288 e. The highest BCUT2D eigenvalue weighted by Crippen LogP contribution is 2.36. The summed E-state index contributed by atoms with van der Waals surface area (Å²) >= 11 is 0. The molecule has 0 fully saturated rings. The minimum atomic E-state index is -0.602. The molecule has 2 aromatic carbocycles. The van der Waals surface area contributed by atoms with E-state index in [1.165, 1.54) is 0 Å². The molecular formula is C23H23NO5. The predicted molar refractivity (Wildman–Crippen MR) is 110 cm³/mol. The lowest BCUT2D eigenvalue weighted by molar-refractivity contribution is 0.0937. The summed E-state index contributed by atoms with van der Waals surface area (Å²) in [4.78, 5) is 25.9. The first-order chi connectivity index (χ1) is 14.0. The Labute approximate surface area is 168 Å². The Bertz CT molecular complexity index is 1180. The van der Waals surface area contributed by atoms with Crippen LogP contribution in [0.5, 0.6) is 11.5 Å². The second-order valence-corrected chi connectivity index (χ2v) is 7.04. The number of aryl methyl sites for hydroxylation is 2. The first-order valence-corrected chi connectivity index (χ1v) is 9.73. The second kappa shape index (κ2) is 7.28. The van der Waals surface area contributed by atoms with E-state index in [0.29, 0.717) is 41.2 Å². The van der Waals surface area contributed by atoms with E-state index in [9.17, 15) is 9.59 Å². The van der Waals surface area contributed by atoms with Gasteiger partial charge in [0.1, 0.15) is 5.58 Å². The highest BCUT2D eigenvalue weighted by Gasteiger charge is 2.36. The molecule has 1 N–H and O–H groups in total. The summed E-state index contributed by atoms with van der Waals surface area (Å²) in [6, 6.07) is 8.48. The number of ether oxygens (including phenoxy) is 2. The van der Waals surface area contributed by atoms with E-state index in [1.807, 2.05) is 39.8 Å². The SMILES string of the molecule is CCOc1ccc(C2NC(=O)c3oc4c(C)c(C)ccc4c(=O)c32)cc1OCC. The summed E-state index contributed by atoms with van der Waals surface area (Å²) < 4.78 is 17.2. The maximum absolute atomic E-state index is 13.3. The highest BCUT2D eigenvalue weighted by atomic mass is 16.5. The number of carbonyl (C=O) groups is 1. The number of benzene rings is 2. The van der Waals surface area contributed by atoms with Gasteiger partial charge in [-0.3, -0.25) is 9.59 Å². The van der Waals surface area contributed by atoms with Crippen LogP contribution in [0.3, 0.4) is 0 Å². The molecule has 0 saturated heterocycles. The van der Waals surface area contributed by atoms with Gasteiger partial charge in [0.05, 0.1) is 30.2 Å². The van der Waals surface area contributed by atoms with Gasteiger partial charge in [-0.2, -0.15) is 0 Å². The zero-order chi connectivity index (χ0) is 20.7. The Hall–Kier alpha value is -3.28. The lowest BCUT2D eigenvalue weighted by Crippen LogP contribution is -2.22. The molecule has 1 unspecified atom stereocenters. The van der Waals surface area contributed by atoms with Crippen molar-refractivity contribution in [3.63, 3.8) is 0 Å². The molecule has 150 valence electrons. The Morgan fingerprint density at radius 2 is 1.72 bits per heavy atom. The van der Waals surface area contributed by atoms with Crippen LogP contribution in [-0.4, -0.2) is 19.1 Å². The largest absolute Gasteiger partial charge is 0.490 e. The molecule has 3 aromatic rings. The van der Waals surface area contributed by atoms with E-state index >= 15 is 0 Å². The molecule has 0 spiro atoms. The number of fused-ring (bicyclic) bond motifs is 2. The summed E-state index contributed by atoms with van der Waals surface area (Å²) in [5.74, 6) is 0.885. The van der Waals surface area contributed by atoms with Gasteiger partial charge in [0.2, 0.25) is 5.76 Å². The van der Waals surface area contributed by atoms with Crippen LogP contribution >= 0.6 is 0 Å². The fourth-order valence-electron chi connectivity index (χ4n) is 3.70. The predicted octanol–water partition coefficient (Wildman–Crippen LogP) is 4.04. The van der Waals surface area contributed by atoms with Gasteiger partial charge in [-0.25, -0.2) is 0 Å². The van der Waals surface area contributed by atoms with Gasteiger partial charge < -0.3 is 19.2 Å². The summed E-state index contributed by atoms with van der Waals surface area (Å²) in [5, 5.41) is 3.35. The number of carbonyl (C=O) groups excluding carboxylic acids is 1. The minimum Gasteiger partial charge on any atom is -0.490 e. The Morgan fingerprint density at radius 1 is 1.00 bits per heavy atom. The monoisotopic (exact) mass is 393 g/mol. The van der Waals surface area contributed by atoms with Crippen molar-refractivity contribution in [3.05, 3.63) is 68.6 Å². The number of amides is 1. The second-order valence-electron chi connectivity index (χ2n) is 7.04. The van der Waals surface area contributed by atoms with Crippen LogP contribution in [0.25, 0.3) is 11.0 Å². The van der Waals surface area contributed by atoms with E-state index in [-0.39, 0.29) is 11.2 Å². The average molecular weight is 393 g/mol. The molecule has 1 aromatic heterocycles. The van der Waals surface area contributed by atoms with Crippen molar-refractivity contribution < 1.29 is 18.7 Å². The molecule has 0 saturated carbocycles. The lowest BCUT2D eigenvalue weighted by atomic mass is 9.97. The number of hydrogen-bond acceptors (Lipinski definition) is 5. The Balaban J connectivity index is 1.89. The Morgan fingerprint density at radius 3 is 2.45 bits per heavy atom. The molecule has 29 heavy (non-hydrogen) atoms. The number of nitrogens with one attached hydrogen (secondary N) is 1. The van der Waals surface area contributed by atoms with Gasteiger partial charge >= 0.3 is 0 Å². The van der Waals surface area contributed by atoms with E-state index in [4.69, 9.17) is 13.9 Å². The topological polar surface area (TPSA) is 77.8 Å². The van der Waals surface area contributed by atoms with E-state index in [1.54, 1.807) is 18.2 Å². The van der Waals surface area contributed by atoms with Crippen molar-refractivity contribution in [2.45, 2.75) is 33.7 Å². The third kappa shape index (κ3) is 3.05. The maximum atomic E-state index is 13.3. The fourth-order valence-corrected chi connectivity index (χ4v) is 3.70. The van der Waals surface area contributed by atoms with Gasteiger partial charge in [-0.15, -0.1) is 0 Å². The number of hydrogen-bond donors (Lipinski definition) is 1. The molecule has 1 aliphatic rings. The van der Waals surface area contributed by atoms with Crippen molar-refractivity contribution in [1.82, 2.24) is 5.32 Å². The van der Waals surface area contributed by atoms with Crippen LogP contribution in [0.15, 0.2) is 39.5 Å². The van der Waals surface area contributed by atoms with E-state index in [2.05, 4.69) is 5.32 Å². The van der Waals surface area contributed by atoms with Crippen LogP contribution in [-0.2, 0) is 0 Å². The third-order valence-electron chi connectivity index (χ3n) is 5.29. The lowest BCUT2D eigenvalue weighted by Gasteiger charge is -2.16. The quantitative estimate of drug-likeness (QED) is 0.708. The molecule has 1 aliphatic heterocycles. The van der Waals surface area contributed by atoms with Gasteiger partial charge in [0.25, 0.3) is 5.91 Å². The standard InChI is InChI=1S/C23H23NO5/c1-5-27-16-10-8-14(11-17(16)28-6-2)19-18-20(25)15-9-7-12(3)13(4)21(15)29-22(18)23(26)24-19/h7-11,19H,5-6H2,1-4H3,(H,24,26). The van der Waals surface area contributed by atoms with E-state index in [0.717, 1.165) is 16.7 Å². The third-order valence-corrected chi connectivity index (χ3v) is 5.29. The smallest absolute Gasteiger partial charge is 0.288 e. The Kier molecular flexibility index (Phi) is 4.78. The van der Waals surface area contributed by atoms with Crippen molar-refractivity contribution in [2.75, 3.05) is 13.2 Å². The summed E-state index contributed by atoms with van der Waals surface area (Å²) in [6.07, 6.45) is 0. The highest BCUT2D eigenvalue weighted by molar-refractivity contribution is 5.99.